The van der Waals surface area contributed by atoms with Crippen LogP contribution in [0.5, 0.6) is 0 Å². The fourth-order valence-electron chi connectivity index (χ4n) is 2.64. The van der Waals surface area contributed by atoms with E-state index in [2.05, 4.69) is 46.5 Å². The van der Waals surface area contributed by atoms with Gasteiger partial charge >= 0.3 is 5.69 Å². The Balaban J connectivity index is 1.74. The van der Waals surface area contributed by atoms with E-state index in [4.69, 9.17) is 0 Å². The maximum Gasteiger partial charge on any atom is 0.353 e. The van der Waals surface area contributed by atoms with E-state index in [1.807, 2.05) is 24.3 Å². The van der Waals surface area contributed by atoms with Crippen molar-refractivity contribution < 1.29 is 4.92 Å². The molecule has 0 aliphatic carbocycles. The molecule has 10 heteroatoms. The van der Waals surface area contributed by atoms with E-state index in [1.54, 1.807) is 30.6 Å². The van der Waals surface area contributed by atoms with Gasteiger partial charge in [0.15, 0.2) is 0 Å². The average molecular weight is 438 g/mol. The Bertz CT molecular complexity index is 1160. The molecular weight excluding hydrogens is 426 g/mol. The summed E-state index contributed by atoms with van der Waals surface area (Å²) in [6.45, 7) is 0. The van der Waals surface area contributed by atoms with E-state index in [0.717, 1.165) is 9.86 Å². The molecule has 0 saturated carbocycles. The topological polar surface area (TPSA) is 119 Å². The quantitative estimate of drug-likeness (QED) is 0.343. The third-order valence-corrected chi connectivity index (χ3v) is 4.33. The minimum absolute atomic E-state index is 0.0329. The Labute approximate surface area is 167 Å². The van der Waals surface area contributed by atoms with Crippen LogP contribution in [0.1, 0.15) is 0 Å². The summed E-state index contributed by atoms with van der Waals surface area (Å²) in [5.41, 5.74) is 0.995. The Hall–Kier alpha value is -3.66. The molecular formula is C18H12BrN7O2. The smallest absolute Gasteiger partial charge is 0.332 e. The summed E-state index contributed by atoms with van der Waals surface area (Å²) in [4.78, 5) is 27.8. The normalized spacial score (nSPS) is 10.6. The molecule has 3 heterocycles. The van der Waals surface area contributed by atoms with Crippen molar-refractivity contribution >= 4 is 55.7 Å². The molecule has 0 aliphatic heterocycles. The SMILES string of the molecule is O=[N+]([O-])c1c(Nc2ccc(Br)cn2)ncnc1Nc1cccc2cccnc12. The number of nitrogens with one attached hydrogen (secondary N) is 2. The Morgan fingerprint density at radius 1 is 0.929 bits per heavy atom. The zero-order valence-corrected chi connectivity index (χ0v) is 15.8. The van der Waals surface area contributed by atoms with Crippen molar-refractivity contribution in [2.24, 2.45) is 0 Å². The highest BCUT2D eigenvalue weighted by atomic mass is 79.9. The van der Waals surface area contributed by atoms with Crippen LogP contribution >= 0.6 is 15.9 Å². The van der Waals surface area contributed by atoms with Crippen LogP contribution in [0, 0.1) is 10.1 Å². The van der Waals surface area contributed by atoms with Crippen molar-refractivity contribution in [2.45, 2.75) is 0 Å². The molecule has 1 aromatic carbocycles. The Morgan fingerprint density at radius 3 is 2.46 bits per heavy atom. The highest BCUT2D eigenvalue weighted by Crippen LogP contribution is 2.34. The van der Waals surface area contributed by atoms with Crippen LogP contribution in [0.25, 0.3) is 10.9 Å². The highest BCUT2D eigenvalue weighted by Gasteiger charge is 2.24. The van der Waals surface area contributed by atoms with Gasteiger partial charge in [0.25, 0.3) is 0 Å². The number of para-hydroxylation sites is 1. The minimum atomic E-state index is -0.540. The molecule has 0 saturated heterocycles. The van der Waals surface area contributed by atoms with E-state index in [1.165, 1.54) is 6.33 Å². The monoisotopic (exact) mass is 437 g/mol. The molecule has 0 aliphatic rings. The predicted molar refractivity (Wildman–Crippen MR) is 109 cm³/mol. The van der Waals surface area contributed by atoms with Crippen LogP contribution in [-0.4, -0.2) is 24.9 Å². The number of nitrogens with zero attached hydrogens (tertiary/aromatic N) is 5. The second-order valence-electron chi connectivity index (χ2n) is 5.67. The van der Waals surface area contributed by atoms with Gasteiger partial charge in [-0.25, -0.2) is 15.0 Å². The van der Waals surface area contributed by atoms with Crippen LogP contribution in [0.2, 0.25) is 0 Å². The molecule has 2 N–H and O–H groups in total. The van der Waals surface area contributed by atoms with E-state index in [-0.39, 0.29) is 17.3 Å². The number of halogens is 1. The van der Waals surface area contributed by atoms with Crippen molar-refractivity contribution in [2.75, 3.05) is 10.6 Å². The van der Waals surface area contributed by atoms with Gasteiger partial charge in [0, 0.05) is 22.3 Å². The zero-order chi connectivity index (χ0) is 19.5. The summed E-state index contributed by atoms with van der Waals surface area (Å²) in [6, 6.07) is 12.7. The summed E-state index contributed by atoms with van der Waals surface area (Å²) in [5, 5.41) is 18.5. The second kappa shape index (κ2) is 7.53. The summed E-state index contributed by atoms with van der Waals surface area (Å²) >= 11 is 3.30. The molecule has 4 rings (SSSR count). The fourth-order valence-corrected chi connectivity index (χ4v) is 2.87. The van der Waals surface area contributed by atoms with Gasteiger partial charge in [-0.1, -0.05) is 18.2 Å². The van der Waals surface area contributed by atoms with Gasteiger partial charge in [0.1, 0.15) is 12.1 Å². The van der Waals surface area contributed by atoms with Crippen molar-refractivity contribution in [1.29, 1.82) is 0 Å². The molecule has 0 unspecified atom stereocenters. The van der Waals surface area contributed by atoms with E-state index >= 15 is 0 Å². The standard InChI is InChI=1S/C18H12BrN7O2/c19-12-6-7-14(21-9-12)25-18-16(26(27)28)17(22-10-23-18)24-13-5-1-3-11-4-2-8-20-15(11)13/h1-10H,(H2,21,22,23,24,25). The third-order valence-electron chi connectivity index (χ3n) is 3.86. The average Bonchev–Trinajstić information content (AvgIpc) is 2.70. The largest absolute Gasteiger partial charge is 0.353 e. The van der Waals surface area contributed by atoms with Gasteiger partial charge in [-0.2, -0.15) is 0 Å². The van der Waals surface area contributed by atoms with Gasteiger partial charge in [0.05, 0.1) is 16.1 Å². The van der Waals surface area contributed by atoms with Gasteiger partial charge in [0.2, 0.25) is 11.6 Å². The summed E-state index contributed by atoms with van der Waals surface area (Å²) in [7, 11) is 0. The van der Waals surface area contributed by atoms with Gasteiger partial charge in [-0.05, 0) is 40.2 Å². The molecule has 0 radical (unpaired) electrons. The Morgan fingerprint density at radius 2 is 1.71 bits per heavy atom. The molecule has 0 amide bonds. The minimum Gasteiger partial charge on any atom is -0.332 e. The number of benzene rings is 1. The molecule has 3 aromatic heterocycles. The number of aromatic nitrogens is 4. The van der Waals surface area contributed by atoms with Crippen molar-refractivity contribution in [1.82, 2.24) is 19.9 Å². The number of nitro groups is 1. The first kappa shape index (κ1) is 17.7. The number of hydrogen-bond acceptors (Lipinski definition) is 8. The molecule has 0 spiro atoms. The lowest BCUT2D eigenvalue weighted by molar-refractivity contribution is -0.383. The lowest BCUT2D eigenvalue weighted by Gasteiger charge is -2.11. The zero-order valence-electron chi connectivity index (χ0n) is 14.2. The van der Waals surface area contributed by atoms with Gasteiger partial charge < -0.3 is 10.6 Å². The third kappa shape index (κ3) is 3.58. The van der Waals surface area contributed by atoms with Crippen molar-refractivity contribution in [3.05, 3.63) is 75.8 Å². The molecule has 28 heavy (non-hydrogen) atoms. The molecule has 0 fully saturated rings. The van der Waals surface area contributed by atoms with Crippen LogP contribution in [0.4, 0.5) is 28.8 Å². The number of rotatable bonds is 5. The number of hydrogen-bond donors (Lipinski definition) is 2. The lowest BCUT2D eigenvalue weighted by Crippen LogP contribution is -2.06. The maximum atomic E-state index is 11.7. The number of anilines is 4. The molecule has 0 atom stereocenters. The molecule has 0 bridgehead atoms. The fraction of sp³-hybridized carbons (Fsp3) is 0. The van der Waals surface area contributed by atoms with E-state index < -0.39 is 4.92 Å². The lowest BCUT2D eigenvalue weighted by atomic mass is 10.2. The maximum absolute atomic E-state index is 11.7. The van der Waals surface area contributed by atoms with Crippen LogP contribution in [0.3, 0.4) is 0 Å². The summed E-state index contributed by atoms with van der Waals surface area (Å²) in [6.07, 6.45) is 4.49. The number of pyridine rings is 2. The Kier molecular flexibility index (Phi) is 4.77. The first-order valence-corrected chi connectivity index (χ1v) is 8.90. The van der Waals surface area contributed by atoms with Crippen molar-refractivity contribution in [3.8, 4) is 0 Å². The first-order valence-electron chi connectivity index (χ1n) is 8.10. The van der Waals surface area contributed by atoms with E-state index in [9.17, 15) is 10.1 Å². The van der Waals surface area contributed by atoms with Crippen molar-refractivity contribution in [3.63, 3.8) is 0 Å². The van der Waals surface area contributed by atoms with Crippen LogP contribution in [-0.2, 0) is 0 Å². The first-order chi connectivity index (χ1) is 13.6. The van der Waals surface area contributed by atoms with Crippen LogP contribution in [0.15, 0.2) is 65.7 Å². The predicted octanol–water partition coefficient (Wildman–Crippen LogP) is 4.58. The molecule has 9 nitrogen and oxygen atoms in total. The highest BCUT2D eigenvalue weighted by molar-refractivity contribution is 9.10. The second-order valence-corrected chi connectivity index (χ2v) is 6.58. The molecule has 4 aromatic rings. The van der Waals surface area contributed by atoms with Gasteiger partial charge in [-0.3, -0.25) is 15.1 Å². The molecule has 138 valence electrons. The number of fused-ring (bicyclic) bond motifs is 1. The summed E-state index contributed by atoms with van der Waals surface area (Å²) < 4.78 is 0.793. The summed E-state index contributed by atoms with van der Waals surface area (Å²) in [5.74, 6) is 0.506. The van der Waals surface area contributed by atoms with Crippen LogP contribution < -0.4 is 10.6 Å². The van der Waals surface area contributed by atoms with E-state index in [0.29, 0.717) is 17.0 Å². The van der Waals surface area contributed by atoms with Gasteiger partial charge in [-0.15, -0.1) is 0 Å².